The van der Waals surface area contributed by atoms with Gasteiger partial charge in [0.2, 0.25) is 10.0 Å². The second-order valence-electron chi connectivity index (χ2n) is 3.92. The molecule has 0 unspecified atom stereocenters. The van der Waals surface area contributed by atoms with Crippen molar-refractivity contribution < 1.29 is 13.2 Å². The number of halogens is 2. The first-order chi connectivity index (χ1) is 9.01. The Balaban J connectivity index is 0.00000361. The maximum absolute atomic E-state index is 12.0. The zero-order valence-electron chi connectivity index (χ0n) is 11.3. The summed E-state index contributed by atoms with van der Waals surface area (Å²) in [6, 6.07) is 4.71. The number of hydrogen-bond acceptors (Lipinski definition) is 4. The van der Waals surface area contributed by atoms with Crippen LogP contribution in [-0.2, 0) is 10.0 Å². The van der Waals surface area contributed by atoms with Crippen molar-refractivity contribution >= 4 is 38.4 Å². The van der Waals surface area contributed by atoms with Crippen LogP contribution in [0.15, 0.2) is 27.6 Å². The number of benzene rings is 1. The Morgan fingerprint density at radius 1 is 1.35 bits per heavy atom. The number of unbranched alkanes of at least 4 members (excludes halogenated alkanes) is 1. The van der Waals surface area contributed by atoms with Gasteiger partial charge in [0.25, 0.3) is 0 Å². The molecule has 0 bridgehead atoms. The van der Waals surface area contributed by atoms with Crippen LogP contribution in [0.25, 0.3) is 0 Å². The van der Waals surface area contributed by atoms with Crippen LogP contribution in [0, 0.1) is 0 Å². The summed E-state index contributed by atoms with van der Waals surface area (Å²) in [5.41, 5.74) is 5.36. The first kappa shape index (κ1) is 19.7. The van der Waals surface area contributed by atoms with E-state index < -0.39 is 10.0 Å². The Bertz CT molecular complexity index is 511. The minimum Gasteiger partial charge on any atom is -0.493 e. The van der Waals surface area contributed by atoms with E-state index in [0.29, 0.717) is 29.9 Å². The van der Waals surface area contributed by atoms with E-state index in [-0.39, 0.29) is 17.3 Å². The molecule has 0 aliphatic heterocycles. The van der Waals surface area contributed by atoms with Gasteiger partial charge in [0.05, 0.1) is 16.0 Å². The highest BCUT2D eigenvalue weighted by molar-refractivity contribution is 9.10. The van der Waals surface area contributed by atoms with E-state index in [9.17, 15) is 8.42 Å². The largest absolute Gasteiger partial charge is 0.493 e. The van der Waals surface area contributed by atoms with Gasteiger partial charge in [-0.15, -0.1) is 12.4 Å². The second-order valence-corrected chi connectivity index (χ2v) is 6.54. The van der Waals surface area contributed by atoms with E-state index in [2.05, 4.69) is 20.7 Å². The van der Waals surface area contributed by atoms with Gasteiger partial charge < -0.3 is 10.5 Å². The van der Waals surface area contributed by atoms with Crippen LogP contribution in [0.4, 0.5) is 0 Å². The molecule has 0 radical (unpaired) electrons. The molecule has 0 heterocycles. The van der Waals surface area contributed by atoms with Crippen molar-refractivity contribution in [2.24, 2.45) is 5.73 Å². The van der Waals surface area contributed by atoms with Gasteiger partial charge in [0.1, 0.15) is 5.75 Å². The fraction of sp³-hybridized carbons (Fsp3) is 0.500. The molecule has 5 nitrogen and oxygen atoms in total. The molecule has 20 heavy (non-hydrogen) atoms. The monoisotopic (exact) mass is 386 g/mol. The molecule has 0 aliphatic carbocycles. The zero-order valence-corrected chi connectivity index (χ0v) is 14.5. The summed E-state index contributed by atoms with van der Waals surface area (Å²) in [5.74, 6) is 0.629. The van der Waals surface area contributed by atoms with Crippen molar-refractivity contribution in [2.45, 2.75) is 24.7 Å². The Morgan fingerprint density at radius 3 is 2.60 bits per heavy atom. The van der Waals surface area contributed by atoms with Crippen molar-refractivity contribution in [2.75, 3.05) is 19.7 Å². The standard InChI is InChI=1S/C12H19BrN2O3S.ClH/c1-2-18-12-6-5-10(9-11(12)13)19(16,17)15-8-4-3-7-14;/h5-6,9,15H,2-4,7-8,14H2,1H3;1H. The normalized spacial score (nSPS) is 10.9. The minimum atomic E-state index is -3.47. The topological polar surface area (TPSA) is 81.4 Å². The lowest BCUT2D eigenvalue weighted by Crippen LogP contribution is -2.25. The molecule has 8 heteroatoms. The smallest absolute Gasteiger partial charge is 0.240 e. The number of sulfonamides is 1. The second kappa shape index (κ2) is 9.57. The highest BCUT2D eigenvalue weighted by Crippen LogP contribution is 2.27. The van der Waals surface area contributed by atoms with Gasteiger partial charge in [0.15, 0.2) is 0 Å². The lowest BCUT2D eigenvalue weighted by Gasteiger charge is -2.09. The number of nitrogens with one attached hydrogen (secondary N) is 1. The highest BCUT2D eigenvalue weighted by atomic mass is 79.9. The van der Waals surface area contributed by atoms with Gasteiger partial charge in [-0.3, -0.25) is 0 Å². The highest BCUT2D eigenvalue weighted by Gasteiger charge is 2.15. The summed E-state index contributed by atoms with van der Waals surface area (Å²) < 4.78 is 32.5. The molecule has 0 fully saturated rings. The van der Waals surface area contributed by atoms with Crippen molar-refractivity contribution in [3.05, 3.63) is 22.7 Å². The van der Waals surface area contributed by atoms with E-state index in [0.717, 1.165) is 12.8 Å². The molecule has 0 atom stereocenters. The summed E-state index contributed by atoms with van der Waals surface area (Å²) in [7, 11) is -3.47. The van der Waals surface area contributed by atoms with Crippen molar-refractivity contribution in [1.29, 1.82) is 0 Å². The number of rotatable bonds is 8. The van der Waals surface area contributed by atoms with Crippen LogP contribution in [0.5, 0.6) is 5.75 Å². The molecule has 0 amide bonds. The molecule has 1 aromatic rings. The Morgan fingerprint density at radius 2 is 2.05 bits per heavy atom. The molecule has 0 saturated carbocycles. The maximum atomic E-state index is 12.0. The number of nitrogens with two attached hydrogens (primary N) is 1. The quantitative estimate of drug-likeness (QED) is 0.671. The van der Waals surface area contributed by atoms with Gasteiger partial charge >= 0.3 is 0 Å². The van der Waals surface area contributed by atoms with Gasteiger partial charge in [-0.2, -0.15) is 0 Å². The third-order valence-corrected chi connectivity index (χ3v) is 4.51. The van der Waals surface area contributed by atoms with Crippen LogP contribution in [0.1, 0.15) is 19.8 Å². The van der Waals surface area contributed by atoms with E-state index >= 15 is 0 Å². The van der Waals surface area contributed by atoms with E-state index in [1.807, 2.05) is 6.92 Å². The van der Waals surface area contributed by atoms with Crippen LogP contribution < -0.4 is 15.2 Å². The lowest BCUT2D eigenvalue weighted by molar-refractivity contribution is 0.338. The van der Waals surface area contributed by atoms with Crippen molar-refractivity contribution in [3.63, 3.8) is 0 Å². The van der Waals surface area contributed by atoms with Crippen LogP contribution in [0.2, 0.25) is 0 Å². The molecule has 3 N–H and O–H groups in total. The summed E-state index contributed by atoms with van der Waals surface area (Å²) in [6.45, 7) is 3.36. The molecular weight excluding hydrogens is 368 g/mol. The van der Waals surface area contributed by atoms with Gasteiger partial charge in [-0.25, -0.2) is 13.1 Å². The third-order valence-electron chi connectivity index (χ3n) is 2.44. The predicted molar refractivity (Wildman–Crippen MR) is 86.0 cm³/mol. The van der Waals surface area contributed by atoms with Crippen molar-refractivity contribution in [3.8, 4) is 5.75 Å². The average Bonchev–Trinajstić information content (AvgIpc) is 2.37. The van der Waals surface area contributed by atoms with Gasteiger partial charge in [0, 0.05) is 6.54 Å². The maximum Gasteiger partial charge on any atom is 0.240 e. The Labute approximate surface area is 134 Å². The minimum absolute atomic E-state index is 0. The summed E-state index contributed by atoms with van der Waals surface area (Å²) in [5, 5.41) is 0. The number of ether oxygens (including phenoxy) is 1. The first-order valence-corrected chi connectivity index (χ1v) is 8.41. The molecule has 1 aromatic carbocycles. The van der Waals surface area contributed by atoms with Crippen LogP contribution in [-0.4, -0.2) is 28.1 Å². The third kappa shape index (κ3) is 5.97. The SMILES string of the molecule is CCOc1ccc(S(=O)(=O)NCCCCN)cc1Br.Cl. The van der Waals surface area contributed by atoms with E-state index in [1.54, 1.807) is 6.07 Å². The van der Waals surface area contributed by atoms with Crippen LogP contribution >= 0.6 is 28.3 Å². The summed E-state index contributed by atoms with van der Waals surface area (Å²) in [4.78, 5) is 0.218. The van der Waals surface area contributed by atoms with Gasteiger partial charge in [-0.1, -0.05) is 0 Å². The molecule has 0 saturated heterocycles. The number of hydrogen-bond donors (Lipinski definition) is 2. The summed E-state index contributed by atoms with van der Waals surface area (Å²) in [6.07, 6.45) is 1.53. The fourth-order valence-corrected chi connectivity index (χ4v) is 3.23. The van der Waals surface area contributed by atoms with E-state index in [4.69, 9.17) is 10.5 Å². The molecule has 1 rings (SSSR count). The Kier molecular flexibility index (Phi) is 9.41. The first-order valence-electron chi connectivity index (χ1n) is 6.13. The van der Waals surface area contributed by atoms with Crippen molar-refractivity contribution in [1.82, 2.24) is 4.72 Å². The van der Waals surface area contributed by atoms with Gasteiger partial charge in [-0.05, 0) is 60.4 Å². The fourth-order valence-electron chi connectivity index (χ4n) is 1.48. The Hall–Kier alpha value is -0.340. The van der Waals surface area contributed by atoms with Crippen LogP contribution in [0.3, 0.4) is 0 Å². The molecular formula is C12H20BrClN2O3S. The summed E-state index contributed by atoms with van der Waals surface area (Å²) >= 11 is 3.30. The average molecular weight is 388 g/mol. The predicted octanol–water partition coefficient (Wildman–Crippen LogP) is 2.29. The molecule has 0 aliphatic rings. The molecule has 116 valence electrons. The van der Waals surface area contributed by atoms with E-state index in [1.165, 1.54) is 12.1 Å². The zero-order chi connectivity index (χ0) is 14.3. The molecule has 0 spiro atoms. The molecule has 0 aromatic heterocycles. The lowest BCUT2D eigenvalue weighted by atomic mass is 10.3.